The summed E-state index contributed by atoms with van der Waals surface area (Å²) in [5.74, 6) is 1.82. The molecule has 2 nitrogen and oxygen atoms in total. The predicted octanol–water partition coefficient (Wildman–Crippen LogP) is 11.8. The highest BCUT2D eigenvalue weighted by molar-refractivity contribution is 6.10. The van der Waals surface area contributed by atoms with Gasteiger partial charge in [0.1, 0.15) is 11.5 Å². The fourth-order valence-corrected chi connectivity index (χ4v) is 6.64. The van der Waals surface area contributed by atoms with Crippen LogP contribution in [0.5, 0.6) is 11.5 Å². The molecule has 0 unspecified atom stereocenters. The van der Waals surface area contributed by atoms with Crippen LogP contribution in [0.1, 0.15) is 0 Å². The first-order valence-corrected chi connectivity index (χ1v) is 15.3. The molecule has 0 spiro atoms. The van der Waals surface area contributed by atoms with Gasteiger partial charge < -0.3 is 4.74 Å². The second-order valence-electron chi connectivity index (χ2n) is 11.6. The Morgan fingerprint density at radius 2 is 1.00 bits per heavy atom. The molecule has 2 heteroatoms. The van der Waals surface area contributed by atoms with Gasteiger partial charge >= 0.3 is 0 Å². The first-order chi connectivity index (χ1) is 22.3. The lowest BCUT2D eigenvalue weighted by atomic mass is 9.90. The summed E-state index contributed by atoms with van der Waals surface area (Å²) in [6.45, 7) is 0. The summed E-state index contributed by atoms with van der Waals surface area (Å²) < 4.78 is 6.35. The maximum Gasteiger partial charge on any atom is 0.135 e. The zero-order chi connectivity index (χ0) is 29.7. The van der Waals surface area contributed by atoms with Gasteiger partial charge in [-0.3, -0.25) is 0 Å². The first kappa shape index (κ1) is 25.5. The molecule has 45 heavy (non-hydrogen) atoms. The van der Waals surface area contributed by atoms with Gasteiger partial charge in [0.25, 0.3) is 0 Å². The topological polar surface area (TPSA) is 22.1 Å². The van der Waals surface area contributed by atoms with Gasteiger partial charge in [-0.25, -0.2) is 4.98 Å². The molecule has 0 amide bonds. The van der Waals surface area contributed by atoms with Crippen LogP contribution < -0.4 is 4.74 Å². The average Bonchev–Trinajstić information content (AvgIpc) is 3.12. The summed E-state index contributed by atoms with van der Waals surface area (Å²) >= 11 is 0. The van der Waals surface area contributed by atoms with E-state index in [1.165, 1.54) is 43.8 Å². The standard InChI is InChI=1S/C43H27NO/c1-3-10-29(11-4-1)39-26-34(27-40(44-39)30-12-5-2-6-13-30)31-20-18-28-19-21-32(25-33(28)24-31)35-22-23-42-43-37(35)15-9-16-38(43)36-14-7-8-17-41(36)45-42/h1-27H. The number of ether oxygens (including phenoxy) is 1. The van der Waals surface area contributed by atoms with Gasteiger partial charge in [0.05, 0.1) is 11.4 Å². The molecule has 7 aromatic carbocycles. The van der Waals surface area contributed by atoms with Gasteiger partial charge in [-0.2, -0.15) is 0 Å². The smallest absolute Gasteiger partial charge is 0.135 e. The number of fused-ring (bicyclic) bond motifs is 3. The monoisotopic (exact) mass is 573 g/mol. The van der Waals surface area contributed by atoms with E-state index in [0.717, 1.165) is 45.1 Å². The highest BCUT2D eigenvalue weighted by atomic mass is 16.5. The van der Waals surface area contributed by atoms with Crippen molar-refractivity contribution < 1.29 is 4.74 Å². The lowest BCUT2D eigenvalue weighted by Gasteiger charge is -2.22. The number of hydrogen-bond acceptors (Lipinski definition) is 2. The van der Waals surface area contributed by atoms with Crippen molar-refractivity contribution in [3.63, 3.8) is 0 Å². The molecule has 9 rings (SSSR count). The third kappa shape index (κ3) is 4.39. The van der Waals surface area contributed by atoms with Crippen LogP contribution in [0.4, 0.5) is 0 Å². The molecule has 0 aliphatic carbocycles. The van der Waals surface area contributed by atoms with Crippen LogP contribution >= 0.6 is 0 Å². The van der Waals surface area contributed by atoms with Gasteiger partial charge in [0, 0.05) is 22.1 Å². The number of pyridine rings is 1. The maximum atomic E-state index is 6.35. The Hall–Kier alpha value is -5.99. The normalized spacial score (nSPS) is 11.7. The van der Waals surface area contributed by atoms with E-state index in [9.17, 15) is 0 Å². The Bertz CT molecular complexity index is 2340. The van der Waals surface area contributed by atoms with E-state index in [-0.39, 0.29) is 0 Å². The highest BCUT2D eigenvalue weighted by Gasteiger charge is 2.21. The fourth-order valence-electron chi connectivity index (χ4n) is 6.64. The van der Waals surface area contributed by atoms with E-state index in [1.54, 1.807) is 0 Å². The largest absolute Gasteiger partial charge is 0.456 e. The molecule has 1 aromatic heterocycles. The summed E-state index contributed by atoms with van der Waals surface area (Å²) in [6, 6.07) is 57.9. The number of benzene rings is 7. The van der Waals surface area contributed by atoms with Crippen molar-refractivity contribution in [2.75, 3.05) is 0 Å². The predicted molar refractivity (Wildman–Crippen MR) is 187 cm³/mol. The average molecular weight is 574 g/mol. The molecular formula is C43H27NO. The van der Waals surface area contributed by atoms with Gasteiger partial charge in [-0.05, 0) is 80.4 Å². The second kappa shape index (κ2) is 10.3. The summed E-state index contributed by atoms with van der Waals surface area (Å²) in [5, 5.41) is 4.78. The van der Waals surface area contributed by atoms with Gasteiger partial charge in [-0.1, -0.05) is 127 Å². The molecule has 1 aliphatic heterocycles. The van der Waals surface area contributed by atoms with E-state index in [4.69, 9.17) is 9.72 Å². The van der Waals surface area contributed by atoms with E-state index >= 15 is 0 Å². The van der Waals surface area contributed by atoms with Crippen molar-refractivity contribution in [1.82, 2.24) is 4.98 Å². The molecule has 8 aromatic rings. The summed E-state index contributed by atoms with van der Waals surface area (Å²) in [6.07, 6.45) is 0. The Morgan fingerprint density at radius 1 is 0.356 bits per heavy atom. The van der Waals surface area contributed by atoms with E-state index in [1.807, 2.05) is 24.3 Å². The first-order valence-electron chi connectivity index (χ1n) is 15.3. The van der Waals surface area contributed by atoms with E-state index < -0.39 is 0 Å². The van der Waals surface area contributed by atoms with E-state index in [2.05, 4.69) is 140 Å². The molecular weight excluding hydrogens is 546 g/mol. The van der Waals surface area contributed by atoms with Crippen molar-refractivity contribution in [3.05, 3.63) is 164 Å². The number of para-hydroxylation sites is 1. The quantitative estimate of drug-likeness (QED) is 0.209. The van der Waals surface area contributed by atoms with Crippen molar-refractivity contribution in [2.24, 2.45) is 0 Å². The van der Waals surface area contributed by atoms with Crippen molar-refractivity contribution in [3.8, 4) is 67.4 Å². The third-order valence-corrected chi connectivity index (χ3v) is 8.85. The fraction of sp³-hybridized carbons (Fsp3) is 0. The summed E-state index contributed by atoms with van der Waals surface area (Å²) in [4.78, 5) is 5.07. The minimum absolute atomic E-state index is 0.908. The molecule has 2 heterocycles. The molecule has 210 valence electrons. The van der Waals surface area contributed by atoms with Crippen molar-refractivity contribution in [2.45, 2.75) is 0 Å². The van der Waals surface area contributed by atoms with Crippen LogP contribution in [0.15, 0.2) is 164 Å². The van der Waals surface area contributed by atoms with Crippen LogP contribution in [0.25, 0.3) is 77.4 Å². The molecule has 0 radical (unpaired) electrons. The number of nitrogens with zero attached hydrogens (tertiary/aromatic N) is 1. The molecule has 0 saturated carbocycles. The Balaban J connectivity index is 1.18. The van der Waals surface area contributed by atoms with Crippen LogP contribution in [0, 0.1) is 0 Å². The Kier molecular flexibility index (Phi) is 5.85. The molecule has 0 fully saturated rings. The number of aromatic nitrogens is 1. The number of rotatable bonds is 4. The van der Waals surface area contributed by atoms with Crippen molar-refractivity contribution in [1.29, 1.82) is 0 Å². The van der Waals surface area contributed by atoms with Gasteiger partial charge in [0.15, 0.2) is 0 Å². The summed E-state index contributed by atoms with van der Waals surface area (Å²) in [5.41, 5.74) is 11.2. The minimum atomic E-state index is 0.908. The van der Waals surface area contributed by atoms with Crippen LogP contribution in [-0.4, -0.2) is 4.98 Å². The molecule has 0 N–H and O–H groups in total. The molecule has 1 aliphatic rings. The lowest BCUT2D eigenvalue weighted by molar-refractivity contribution is 0.487. The Labute approximate surface area is 261 Å². The zero-order valence-electron chi connectivity index (χ0n) is 24.4. The SMILES string of the molecule is c1ccc(-c2cc(-c3ccc4ccc(-c5ccc6c7c(cccc57)-c5ccccc5O6)cc4c3)cc(-c3ccccc3)n2)cc1. The Morgan fingerprint density at radius 3 is 1.76 bits per heavy atom. The van der Waals surface area contributed by atoms with Crippen LogP contribution in [0.3, 0.4) is 0 Å². The molecule has 0 atom stereocenters. The van der Waals surface area contributed by atoms with E-state index in [0.29, 0.717) is 0 Å². The maximum absolute atomic E-state index is 6.35. The lowest BCUT2D eigenvalue weighted by Crippen LogP contribution is -1.97. The van der Waals surface area contributed by atoms with Crippen molar-refractivity contribution >= 4 is 21.5 Å². The highest BCUT2D eigenvalue weighted by Crippen LogP contribution is 2.48. The minimum Gasteiger partial charge on any atom is -0.456 e. The second-order valence-corrected chi connectivity index (χ2v) is 11.6. The van der Waals surface area contributed by atoms with Crippen LogP contribution in [0.2, 0.25) is 0 Å². The van der Waals surface area contributed by atoms with Crippen LogP contribution in [-0.2, 0) is 0 Å². The molecule has 0 bridgehead atoms. The zero-order valence-corrected chi connectivity index (χ0v) is 24.4. The van der Waals surface area contributed by atoms with Gasteiger partial charge in [-0.15, -0.1) is 0 Å². The summed E-state index contributed by atoms with van der Waals surface area (Å²) in [7, 11) is 0. The third-order valence-electron chi connectivity index (χ3n) is 8.85. The molecule has 0 saturated heterocycles. The number of hydrogen-bond donors (Lipinski definition) is 0. The van der Waals surface area contributed by atoms with Gasteiger partial charge in [0.2, 0.25) is 0 Å².